The molecule has 1 heterocycles. The van der Waals surface area contributed by atoms with Crippen molar-refractivity contribution in [2.75, 3.05) is 13.2 Å². The van der Waals surface area contributed by atoms with Crippen LogP contribution < -0.4 is 5.32 Å². The number of amides is 1. The van der Waals surface area contributed by atoms with Crippen molar-refractivity contribution in [2.45, 2.75) is 339 Å². The van der Waals surface area contributed by atoms with Crippen LogP contribution in [0, 0.1) is 0 Å². The van der Waals surface area contributed by atoms with Crippen molar-refractivity contribution >= 4 is 5.91 Å². The first-order valence-electron chi connectivity index (χ1n) is 28.8. The zero-order valence-electron chi connectivity index (χ0n) is 43.3. The summed E-state index contributed by atoms with van der Waals surface area (Å²) >= 11 is 0. The molecule has 1 aliphatic rings. The third-order valence-electron chi connectivity index (χ3n) is 14.3. The SMILES string of the molecule is CCCCCCCCCCCCCCCCCCCCCCCCCCCC(=O)N[C@@H](CO[C@@H]1O[C@H](CO)[C@@H](O)C(O)C1O)[C@H](O)[C@H](O)CCCCCCCCCCCCCCCCCC. The van der Waals surface area contributed by atoms with Crippen molar-refractivity contribution < 1.29 is 44.9 Å². The largest absolute Gasteiger partial charge is 0.394 e. The summed E-state index contributed by atoms with van der Waals surface area (Å²) in [6.07, 6.45) is 44.1. The van der Waals surface area contributed by atoms with Crippen molar-refractivity contribution in [2.24, 2.45) is 0 Å². The van der Waals surface area contributed by atoms with Gasteiger partial charge in [-0.3, -0.25) is 4.79 Å². The average Bonchev–Trinajstić information content (AvgIpc) is 3.32. The van der Waals surface area contributed by atoms with Crippen LogP contribution in [0.3, 0.4) is 0 Å². The Balaban J connectivity index is 2.23. The molecule has 1 amide bonds. The predicted octanol–water partition coefficient (Wildman–Crippen LogP) is 12.8. The van der Waals surface area contributed by atoms with E-state index >= 15 is 0 Å². The third kappa shape index (κ3) is 35.3. The number of aliphatic hydroxyl groups is 6. The molecule has 1 aliphatic heterocycles. The predicted molar refractivity (Wildman–Crippen MR) is 274 cm³/mol. The van der Waals surface area contributed by atoms with Gasteiger partial charge < -0.3 is 45.4 Å². The zero-order chi connectivity index (χ0) is 48.1. The van der Waals surface area contributed by atoms with Gasteiger partial charge in [0.15, 0.2) is 6.29 Å². The molecule has 0 aliphatic carbocycles. The van der Waals surface area contributed by atoms with Gasteiger partial charge in [0.2, 0.25) is 5.91 Å². The van der Waals surface area contributed by atoms with E-state index in [1.165, 1.54) is 225 Å². The second-order valence-corrected chi connectivity index (χ2v) is 20.6. The van der Waals surface area contributed by atoms with Crippen molar-refractivity contribution in [1.29, 1.82) is 0 Å². The Bertz CT molecular complexity index is 1020. The van der Waals surface area contributed by atoms with Gasteiger partial charge in [0.05, 0.1) is 25.4 Å². The molecule has 0 aromatic rings. The maximum absolute atomic E-state index is 13.1. The van der Waals surface area contributed by atoms with Gasteiger partial charge in [-0.2, -0.15) is 0 Å². The minimum atomic E-state index is -1.60. The first-order valence-corrected chi connectivity index (χ1v) is 28.8. The van der Waals surface area contributed by atoms with Crippen LogP contribution in [0.1, 0.15) is 290 Å². The average molecular weight is 943 g/mol. The highest BCUT2D eigenvalue weighted by atomic mass is 16.7. The fraction of sp³-hybridized carbons (Fsp3) is 0.982. The maximum atomic E-state index is 13.1. The van der Waals surface area contributed by atoms with E-state index in [1.54, 1.807) is 0 Å². The number of hydrogen-bond donors (Lipinski definition) is 7. The van der Waals surface area contributed by atoms with Gasteiger partial charge in [-0.05, 0) is 12.8 Å². The first kappa shape index (κ1) is 63.2. The van der Waals surface area contributed by atoms with Crippen LogP contribution in [0.2, 0.25) is 0 Å². The highest BCUT2D eigenvalue weighted by Gasteiger charge is 2.44. The monoisotopic (exact) mass is 942 g/mol. The van der Waals surface area contributed by atoms with E-state index in [4.69, 9.17) is 9.47 Å². The van der Waals surface area contributed by atoms with Gasteiger partial charge in [0.25, 0.3) is 0 Å². The van der Waals surface area contributed by atoms with Gasteiger partial charge in [-0.1, -0.05) is 271 Å². The number of carbonyl (C=O) groups excluding carboxylic acids is 1. The Kier molecular flexibility index (Phi) is 44.5. The van der Waals surface area contributed by atoms with Crippen LogP contribution in [0.5, 0.6) is 0 Å². The quantitative estimate of drug-likeness (QED) is 0.0294. The van der Waals surface area contributed by atoms with Gasteiger partial charge in [-0.25, -0.2) is 0 Å². The van der Waals surface area contributed by atoms with Crippen molar-refractivity contribution in [3.8, 4) is 0 Å². The normalized spacial score (nSPS) is 20.2. The Hall–Kier alpha value is -0.850. The summed E-state index contributed by atoms with van der Waals surface area (Å²) in [6, 6.07) is -0.986. The molecule has 8 atom stereocenters. The first-order chi connectivity index (χ1) is 32.3. The van der Waals surface area contributed by atoms with Crippen molar-refractivity contribution in [1.82, 2.24) is 5.32 Å². The lowest BCUT2D eigenvalue weighted by Crippen LogP contribution is -2.60. The molecule has 0 saturated carbocycles. The van der Waals surface area contributed by atoms with Gasteiger partial charge >= 0.3 is 0 Å². The molecular weight excluding hydrogens is 831 g/mol. The number of unbranched alkanes of at least 4 members (excludes halogenated alkanes) is 39. The zero-order valence-corrected chi connectivity index (χ0v) is 43.3. The Morgan fingerprint density at radius 3 is 1.12 bits per heavy atom. The summed E-state index contributed by atoms with van der Waals surface area (Å²) in [5.74, 6) is -0.250. The van der Waals surface area contributed by atoms with E-state index in [0.29, 0.717) is 6.42 Å². The minimum absolute atomic E-state index is 0.250. The lowest BCUT2D eigenvalue weighted by atomic mass is 9.98. The summed E-state index contributed by atoms with van der Waals surface area (Å²) in [4.78, 5) is 13.1. The lowest BCUT2D eigenvalue weighted by molar-refractivity contribution is -0.303. The minimum Gasteiger partial charge on any atom is -0.394 e. The second-order valence-electron chi connectivity index (χ2n) is 20.6. The molecule has 0 radical (unpaired) electrons. The summed E-state index contributed by atoms with van der Waals surface area (Å²) in [6.45, 7) is 3.66. The van der Waals surface area contributed by atoms with Gasteiger partial charge in [0.1, 0.15) is 30.5 Å². The topological polar surface area (TPSA) is 169 Å². The molecule has 2 unspecified atom stereocenters. The van der Waals surface area contributed by atoms with E-state index < -0.39 is 55.6 Å². The Morgan fingerprint density at radius 1 is 0.470 bits per heavy atom. The molecular formula is C56H111NO9. The smallest absolute Gasteiger partial charge is 0.220 e. The fourth-order valence-electron chi connectivity index (χ4n) is 9.67. The van der Waals surface area contributed by atoms with E-state index in [-0.39, 0.29) is 18.9 Å². The van der Waals surface area contributed by atoms with Crippen molar-refractivity contribution in [3.63, 3.8) is 0 Å². The molecule has 7 N–H and O–H groups in total. The highest BCUT2D eigenvalue weighted by molar-refractivity contribution is 5.76. The van der Waals surface area contributed by atoms with Crippen LogP contribution in [-0.2, 0) is 14.3 Å². The van der Waals surface area contributed by atoms with Crippen LogP contribution in [0.4, 0.5) is 0 Å². The molecule has 0 spiro atoms. The number of aliphatic hydroxyl groups excluding tert-OH is 6. The number of nitrogens with one attached hydrogen (secondary N) is 1. The summed E-state index contributed by atoms with van der Waals surface area (Å²) in [5.41, 5.74) is 0. The van der Waals surface area contributed by atoms with Crippen LogP contribution in [-0.4, -0.2) is 98.7 Å². The van der Waals surface area contributed by atoms with Gasteiger partial charge in [0, 0.05) is 6.42 Å². The Labute approximate surface area is 407 Å². The number of ether oxygens (including phenoxy) is 2. The van der Waals surface area contributed by atoms with E-state index in [9.17, 15) is 35.4 Å². The van der Waals surface area contributed by atoms with Gasteiger partial charge in [-0.15, -0.1) is 0 Å². The van der Waals surface area contributed by atoms with E-state index in [1.807, 2.05) is 0 Å². The molecule has 10 heteroatoms. The Morgan fingerprint density at radius 2 is 0.788 bits per heavy atom. The molecule has 10 nitrogen and oxygen atoms in total. The summed E-state index contributed by atoms with van der Waals surface area (Å²) in [7, 11) is 0. The van der Waals surface area contributed by atoms with E-state index in [0.717, 1.165) is 38.5 Å². The summed E-state index contributed by atoms with van der Waals surface area (Å²) in [5, 5.41) is 65.5. The molecule has 1 saturated heterocycles. The molecule has 66 heavy (non-hydrogen) atoms. The van der Waals surface area contributed by atoms with Crippen LogP contribution in [0.15, 0.2) is 0 Å². The van der Waals surface area contributed by atoms with Crippen LogP contribution in [0.25, 0.3) is 0 Å². The molecule has 0 aromatic heterocycles. The fourth-order valence-corrected chi connectivity index (χ4v) is 9.67. The van der Waals surface area contributed by atoms with Crippen LogP contribution >= 0.6 is 0 Å². The van der Waals surface area contributed by atoms with Crippen molar-refractivity contribution in [3.05, 3.63) is 0 Å². The molecule has 1 fully saturated rings. The standard InChI is InChI=1S/C56H111NO9/c1-3-5-7-9-11-13-15-17-19-21-22-23-24-25-26-27-28-29-31-33-35-37-39-41-43-45-51(60)57-48(47-65-56-55(64)54(63)53(62)50(46-58)66-56)52(61)49(59)44-42-40-38-36-34-32-30-20-18-16-14-12-10-8-6-4-2/h48-50,52-56,58-59,61-64H,3-47H2,1-2H3,(H,57,60)/t48-,49+,50+,52-,53+,54?,55?,56+/m0/s1. The summed E-state index contributed by atoms with van der Waals surface area (Å²) < 4.78 is 11.2. The highest BCUT2D eigenvalue weighted by Crippen LogP contribution is 2.24. The second kappa shape index (κ2) is 46.5. The molecule has 0 aromatic carbocycles. The van der Waals surface area contributed by atoms with E-state index in [2.05, 4.69) is 19.2 Å². The molecule has 0 bridgehead atoms. The molecule has 394 valence electrons. The maximum Gasteiger partial charge on any atom is 0.220 e. The number of hydrogen-bond acceptors (Lipinski definition) is 9. The number of carbonyl (C=O) groups is 1. The molecule has 1 rings (SSSR count). The number of rotatable bonds is 50. The lowest BCUT2D eigenvalue weighted by Gasteiger charge is -2.40. The third-order valence-corrected chi connectivity index (χ3v) is 14.3.